The highest BCUT2D eigenvalue weighted by Crippen LogP contribution is 2.26. The first-order valence-corrected chi connectivity index (χ1v) is 10.9. The number of aliphatic imine (C=N–C) groups is 1. The van der Waals surface area contributed by atoms with Gasteiger partial charge in [-0.1, -0.05) is 12.8 Å². The molecule has 1 atom stereocenters. The van der Waals surface area contributed by atoms with Crippen molar-refractivity contribution in [2.24, 2.45) is 4.99 Å². The van der Waals surface area contributed by atoms with E-state index in [4.69, 9.17) is 9.73 Å². The lowest BCUT2D eigenvalue weighted by molar-refractivity contribution is 0.182. The fourth-order valence-corrected chi connectivity index (χ4v) is 4.54. The Labute approximate surface area is 169 Å². The molecule has 1 aliphatic carbocycles. The van der Waals surface area contributed by atoms with Crippen LogP contribution in [0.25, 0.3) is 0 Å². The van der Waals surface area contributed by atoms with Crippen molar-refractivity contribution in [2.75, 3.05) is 33.4 Å². The third kappa shape index (κ3) is 5.26. The van der Waals surface area contributed by atoms with E-state index in [1.54, 1.807) is 7.11 Å². The summed E-state index contributed by atoms with van der Waals surface area (Å²) < 4.78 is 7.22. The van der Waals surface area contributed by atoms with Gasteiger partial charge in [0.05, 0.1) is 25.4 Å². The SMILES string of the molecule is CCNC(=NCc1c(C)nn(CCOC)c1C)NC1CCN(C2CCCC2)C1. The van der Waals surface area contributed by atoms with Gasteiger partial charge in [-0.05, 0) is 40.0 Å². The van der Waals surface area contributed by atoms with Crippen LogP contribution in [0, 0.1) is 13.8 Å². The molecule has 1 aromatic rings. The van der Waals surface area contributed by atoms with Gasteiger partial charge in [-0.15, -0.1) is 0 Å². The second-order valence-electron chi connectivity index (χ2n) is 8.12. The van der Waals surface area contributed by atoms with Crippen molar-refractivity contribution in [1.29, 1.82) is 0 Å². The Hall–Kier alpha value is -1.60. The van der Waals surface area contributed by atoms with Crippen LogP contribution in [0.3, 0.4) is 0 Å². The third-order valence-corrected chi connectivity index (χ3v) is 6.18. The Morgan fingerprint density at radius 2 is 2.04 bits per heavy atom. The third-order valence-electron chi connectivity index (χ3n) is 6.18. The number of guanidine groups is 1. The fraction of sp³-hybridized carbons (Fsp3) is 0.810. The van der Waals surface area contributed by atoms with E-state index >= 15 is 0 Å². The van der Waals surface area contributed by atoms with E-state index in [1.165, 1.54) is 49.9 Å². The lowest BCUT2D eigenvalue weighted by Gasteiger charge is -2.24. The van der Waals surface area contributed by atoms with Crippen LogP contribution < -0.4 is 10.6 Å². The molecule has 158 valence electrons. The van der Waals surface area contributed by atoms with Gasteiger partial charge in [0, 0.05) is 50.1 Å². The number of ether oxygens (including phenoxy) is 1. The van der Waals surface area contributed by atoms with Crippen LogP contribution in [0.5, 0.6) is 0 Å². The van der Waals surface area contributed by atoms with Gasteiger partial charge in [0.2, 0.25) is 0 Å². The molecule has 7 heteroatoms. The van der Waals surface area contributed by atoms with Gasteiger partial charge in [-0.3, -0.25) is 9.58 Å². The first kappa shape index (κ1) is 21.1. The number of likely N-dealkylation sites (tertiary alicyclic amines) is 1. The normalized spacial score (nSPS) is 21.6. The highest BCUT2D eigenvalue weighted by atomic mass is 16.5. The second kappa shape index (κ2) is 10.3. The minimum absolute atomic E-state index is 0.491. The molecule has 0 aromatic carbocycles. The zero-order valence-electron chi connectivity index (χ0n) is 18.1. The van der Waals surface area contributed by atoms with Crippen LogP contribution in [0.15, 0.2) is 4.99 Å². The summed E-state index contributed by atoms with van der Waals surface area (Å²) in [5.74, 6) is 0.921. The summed E-state index contributed by atoms with van der Waals surface area (Å²) >= 11 is 0. The average molecular weight is 391 g/mol. The van der Waals surface area contributed by atoms with Crippen LogP contribution in [-0.4, -0.2) is 66.1 Å². The van der Waals surface area contributed by atoms with Crippen LogP contribution in [0.1, 0.15) is 56.0 Å². The smallest absolute Gasteiger partial charge is 0.191 e. The number of nitrogens with one attached hydrogen (secondary N) is 2. The number of hydrogen-bond donors (Lipinski definition) is 2. The first-order chi connectivity index (χ1) is 13.6. The van der Waals surface area contributed by atoms with Crippen LogP contribution in [-0.2, 0) is 17.8 Å². The zero-order chi connectivity index (χ0) is 19.9. The molecule has 2 heterocycles. The Bertz CT molecular complexity index is 650. The van der Waals surface area contributed by atoms with E-state index in [0.29, 0.717) is 19.2 Å². The van der Waals surface area contributed by atoms with Crippen LogP contribution >= 0.6 is 0 Å². The van der Waals surface area contributed by atoms with Crippen molar-refractivity contribution >= 4 is 5.96 Å². The summed E-state index contributed by atoms with van der Waals surface area (Å²) in [5.41, 5.74) is 3.45. The van der Waals surface area contributed by atoms with Crippen molar-refractivity contribution in [3.63, 3.8) is 0 Å². The maximum Gasteiger partial charge on any atom is 0.191 e. The lowest BCUT2D eigenvalue weighted by Crippen LogP contribution is -2.45. The van der Waals surface area contributed by atoms with Gasteiger partial charge in [0.1, 0.15) is 0 Å². The van der Waals surface area contributed by atoms with Gasteiger partial charge in [-0.2, -0.15) is 5.10 Å². The monoisotopic (exact) mass is 390 g/mol. The molecule has 0 spiro atoms. The van der Waals surface area contributed by atoms with E-state index in [9.17, 15) is 0 Å². The minimum atomic E-state index is 0.491. The van der Waals surface area contributed by atoms with E-state index < -0.39 is 0 Å². The first-order valence-electron chi connectivity index (χ1n) is 10.9. The van der Waals surface area contributed by atoms with E-state index in [1.807, 2.05) is 4.68 Å². The van der Waals surface area contributed by atoms with E-state index in [2.05, 4.69) is 41.4 Å². The summed E-state index contributed by atoms with van der Waals surface area (Å²) in [4.78, 5) is 7.56. The molecule has 7 nitrogen and oxygen atoms in total. The number of nitrogens with zero attached hydrogens (tertiary/aromatic N) is 4. The largest absolute Gasteiger partial charge is 0.383 e. The van der Waals surface area contributed by atoms with Crippen molar-refractivity contribution in [1.82, 2.24) is 25.3 Å². The molecular formula is C21H38N6O. The number of rotatable bonds is 8. The molecule has 2 fully saturated rings. The summed E-state index contributed by atoms with van der Waals surface area (Å²) in [6.45, 7) is 11.6. The molecule has 1 aromatic heterocycles. The summed E-state index contributed by atoms with van der Waals surface area (Å²) in [6, 6.07) is 1.31. The minimum Gasteiger partial charge on any atom is -0.383 e. The quantitative estimate of drug-likeness (QED) is 0.526. The number of aryl methyl sites for hydroxylation is 1. The zero-order valence-corrected chi connectivity index (χ0v) is 18.1. The fourth-order valence-electron chi connectivity index (χ4n) is 4.54. The number of hydrogen-bond acceptors (Lipinski definition) is 4. The van der Waals surface area contributed by atoms with Gasteiger partial charge < -0.3 is 15.4 Å². The van der Waals surface area contributed by atoms with Gasteiger partial charge in [-0.25, -0.2) is 4.99 Å². The van der Waals surface area contributed by atoms with Crippen LogP contribution in [0.2, 0.25) is 0 Å². The summed E-state index contributed by atoms with van der Waals surface area (Å²) in [5, 5.41) is 11.7. The average Bonchev–Trinajstić information content (AvgIpc) is 3.40. The molecule has 1 aliphatic heterocycles. The number of methoxy groups -OCH3 is 1. The van der Waals surface area contributed by atoms with Gasteiger partial charge in [0.25, 0.3) is 0 Å². The molecular weight excluding hydrogens is 352 g/mol. The highest BCUT2D eigenvalue weighted by Gasteiger charge is 2.30. The molecule has 2 N–H and O–H groups in total. The van der Waals surface area contributed by atoms with E-state index in [0.717, 1.165) is 37.3 Å². The predicted molar refractivity (Wildman–Crippen MR) is 114 cm³/mol. The molecule has 1 saturated heterocycles. The lowest BCUT2D eigenvalue weighted by atomic mass is 10.2. The van der Waals surface area contributed by atoms with Crippen molar-refractivity contribution < 1.29 is 4.74 Å². The summed E-state index contributed by atoms with van der Waals surface area (Å²) in [6.07, 6.45) is 6.77. The highest BCUT2D eigenvalue weighted by molar-refractivity contribution is 5.80. The van der Waals surface area contributed by atoms with Gasteiger partial charge >= 0.3 is 0 Å². The molecule has 0 radical (unpaired) electrons. The maximum atomic E-state index is 5.19. The molecule has 3 rings (SSSR count). The molecule has 2 aliphatic rings. The molecule has 1 unspecified atom stereocenters. The molecule has 28 heavy (non-hydrogen) atoms. The summed E-state index contributed by atoms with van der Waals surface area (Å²) in [7, 11) is 1.72. The topological polar surface area (TPSA) is 66.7 Å². The predicted octanol–water partition coefficient (Wildman–Crippen LogP) is 2.22. The Morgan fingerprint density at radius 3 is 2.75 bits per heavy atom. The molecule has 0 bridgehead atoms. The number of aromatic nitrogens is 2. The Morgan fingerprint density at radius 1 is 1.25 bits per heavy atom. The van der Waals surface area contributed by atoms with Crippen LogP contribution in [0.4, 0.5) is 0 Å². The van der Waals surface area contributed by atoms with Crippen molar-refractivity contribution in [2.45, 2.75) is 78.0 Å². The van der Waals surface area contributed by atoms with Gasteiger partial charge in [0.15, 0.2) is 5.96 Å². The maximum absolute atomic E-state index is 5.19. The Kier molecular flexibility index (Phi) is 7.73. The van der Waals surface area contributed by atoms with Crippen molar-refractivity contribution in [3.05, 3.63) is 17.0 Å². The molecule has 1 saturated carbocycles. The Balaban J connectivity index is 1.59. The molecule has 0 amide bonds. The van der Waals surface area contributed by atoms with Crippen molar-refractivity contribution in [3.8, 4) is 0 Å². The standard InChI is InChI=1S/C21H38N6O/c1-5-22-21(24-18-10-11-26(15-18)19-8-6-7-9-19)23-14-20-16(2)25-27(17(20)3)12-13-28-4/h18-19H,5-15H2,1-4H3,(H2,22,23,24). The second-order valence-corrected chi connectivity index (χ2v) is 8.12. The van der Waals surface area contributed by atoms with E-state index in [-0.39, 0.29) is 0 Å².